The summed E-state index contributed by atoms with van der Waals surface area (Å²) in [5.41, 5.74) is -0.221. The summed E-state index contributed by atoms with van der Waals surface area (Å²) >= 11 is 1.42. The monoisotopic (exact) mass is 390 g/mol. The quantitative estimate of drug-likeness (QED) is 0.620. The summed E-state index contributed by atoms with van der Waals surface area (Å²) in [6.07, 6.45) is 2.60. The highest BCUT2D eigenvalue weighted by atomic mass is 32.1. The first kappa shape index (κ1) is 17.7. The zero-order valence-corrected chi connectivity index (χ0v) is 15.2. The molecular formula is C19H16F2N2O3S. The Hall–Kier alpha value is -2.74. The highest BCUT2D eigenvalue weighted by molar-refractivity contribution is 7.18. The Labute approximate surface area is 156 Å². The van der Waals surface area contributed by atoms with E-state index in [1.807, 2.05) is 0 Å². The maximum absolute atomic E-state index is 13.3. The topological polar surface area (TPSA) is 82.2 Å². The van der Waals surface area contributed by atoms with Crippen LogP contribution < -0.4 is 10.9 Å². The van der Waals surface area contributed by atoms with Crippen molar-refractivity contribution in [2.75, 3.05) is 5.32 Å². The van der Waals surface area contributed by atoms with Gasteiger partial charge in [0.2, 0.25) is 0 Å². The van der Waals surface area contributed by atoms with E-state index in [9.17, 15) is 23.5 Å². The molecule has 3 N–H and O–H groups in total. The van der Waals surface area contributed by atoms with Gasteiger partial charge >= 0.3 is 0 Å². The van der Waals surface area contributed by atoms with Crippen LogP contribution in [0.1, 0.15) is 34.1 Å². The third kappa shape index (κ3) is 2.99. The SMILES string of the molecule is C[C@@H]1CCc2c(sc3[nH]c(=O)c(C(=O)Nc4ccc(F)c(F)c4)c(O)c23)C1. The maximum atomic E-state index is 13.3. The summed E-state index contributed by atoms with van der Waals surface area (Å²) in [4.78, 5) is 29.2. The van der Waals surface area contributed by atoms with Crippen molar-refractivity contribution in [1.82, 2.24) is 4.98 Å². The molecule has 0 saturated carbocycles. The van der Waals surface area contributed by atoms with Gasteiger partial charge < -0.3 is 15.4 Å². The molecule has 0 fully saturated rings. The number of thiophene rings is 1. The molecule has 5 nitrogen and oxygen atoms in total. The van der Waals surface area contributed by atoms with Crippen molar-refractivity contribution in [3.05, 3.63) is 56.2 Å². The van der Waals surface area contributed by atoms with Crippen molar-refractivity contribution < 1.29 is 18.7 Å². The lowest BCUT2D eigenvalue weighted by Crippen LogP contribution is -2.23. The number of halogens is 2. The number of aryl methyl sites for hydroxylation is 1. The first-order valence-corrected chi connectivity index (χ1v) is 9.32. The fraction of sp³-hybridized carbons (Fsp3) is 0.263. The number of aromatic amines is 1. The van der Waals surface area contributed by atoms with E-state index in [0.717, 1.165) is 41.8 Å². The Morgan fingerprint density at radius 3 is 2.85 bits per heavy atom. The van der Waals surface area contributed by atoms with Gasteiger partial charge in [0.25, 0.3) is 11.5 Å². The summed E-state index contributed by atoms with van der Waals surface area (Å²) < 4.78 is 26.4. The van der Waals surface area contributed by atoms with Crippen molar-refractivity contribution in [3.63, 3.8) is 0 Å². The molecule has 0 aliphatic heterocycles. The smallest absolute Gasteiger partial charge is 0.265 e. The molecule has 1 aromatic carbocycles. The van der Waals surface area contributed by atoms with Crippen LogP contribution in [0.25, 0.3) is 10.2 Å². The normalized spacial score (nSPS) is 16.3. The average molecular weight is 390 g/mol. The van der Waals surface area contributed by atoms with Crippen LogP contribution in [0.2, 0.25) is 0 Å². The van der Waals surface area contributed by atoms with Gasteiger partial charge in [-0.1, -0.05) is 6.92 Å². The standard InChI is InChI=1S/C19H16F2N2O3S/c1-8-2-4-10-13(6-8)27-19-14(10)16(24)15(18(26)23-19)17(25)22-9-3-5-11(20)12(21)7-9/h3,5,7-8H,2,4,6H2,1H3,(H,22,25)(H2,23,24,26)/t8-/m1/s1. The van der Waals surface area contributed by atoms with E-state index < -0.39 is 28.7 Å². The summed E-state index contributed by atoms with van der Waals surface area (Å²) in [6.45, 7) is 2.15. The molecule has 4 rings (SSSR count). The van der Waals surface area contributed by atoms with E-state index in [4.69, 9.17) is 0 Å². The zero-order valence-electron chi connectivity index (χ0n) is 14.4. The van der Waals surface area contributed by atoms with Gasteiger partial charge in [0.1, 0.15) is 16.1 Å². The largest absolute Gasteiger partial charge is 0.506 e. The lowest BCUT2D eigenvalue weighted by molar-refractivity contribution is 0.102. The van der Waals surface area contributed by atoms with E-state index in [-0.39, 0.29) is 11.4 Å². The minimum absolute atomic E-state index is 0.0148. The van der Waals surface area contributed by atoms with E-state index >= 15 is 0 Å². The van der Waals surface area contributed by atoms with Crippen LogP contribution in [0.4, 0.5) is 14.5 Å². The number of nitrogens with one attached hydrogen (secondary N) is 2. The molecule has 0 radical (unpaired) electrons. The minimum atomic E-state index is -1.12. The highest BCUT2D eigenvalue weighted by Gasteiger charge is 2.27. The van der Waals surface area contributed by atoms with Crippen molar-refractivity contribution in [1.29, 1.82) is 0 Å². The van der Waals surface area contributed by atoms with Gasteiger partial charge in [0.15, 0.2) is 11.6 Å². The molecule has 1 atom stereocenters. The number of H-pyrrole nitrogens is 1. The summed E-state index contributed by atoms with van der Waals surface area (Å²) in [5, 5.41) is 13.5. The van der Waals surface area contributed by atoms with Crippen LogP contribution in [-0.2, 0) is 12.8 Å². The van der Waals surface area contributed by atoms with Gasteiger partial charge in [-0.25, -0.2) is 8.78 Å². The third-order valence-electron chi connectivity index (χ3n) is 4.84. The number of benzene rings is 1. The van der Waals surface area contributed by atoms with Crippen molar-refractivity contribution in [2.24, 2.45) is 5.92 Å². The van der Waals surface area contributed by atoms with Gasteiger partial charge in [-0.05, 0) is 42.9 Å². The second kappa shape index (κ2) is 6.45. The molecule has 8 heteroatoms. The lowest BCUT2D eigenvalue weighted by Gasteiger charge is -2.18. The number of amides is 1. The predicted octanol–water partition coefficient (Wildman–Crippen LogP) is 3.95. The number of aromatic hydroxyl groups is 1. The average Bonchev–Trinajstić information content (AvgIpc) is 2.95. The number of anilines is 1. The molecule has 1 amide bonds. The number of rotatable bonds is 2. The zero-order chi connectivity index (χ0) is 19.3. The first-order chi connectivity index (χ1) is 12.8. The molecule has 0 spiro atoms. The van der Waals surface area contributed by atoms with Crippen LogP contribution >= 0.6 is 11.3 Å². The van der Waals surface area contributed by atoms with Crippen LogP contribution in [-0.4, -0.2) is 16.0 Å². The van der Waals surface area contributed by atoms with Gasteiger partial charge in [0, 0.05) is 16.6 Å². The summed E-state index contributed by atoms with van der Waals surface area (Å²) in [5.74, 6) is -2.90. The second-order valence-electron chi connectivity index (χ2n) is 6.82. The molecule has 1 aliphatic carbocycles. The Kier molecular flexibility index (Phi) is 4.22. The number of carbonyl (C=O) groups excluding carboxylic acids is 1. The van der Waals surface area contributed by atoms with Crippen LogP contribution in [0.3, 0.4) is 0 Å². The molecule has 140 valence electrons. The van der Waals surface area contributed by atoms with Crippen LogP contribution in [0.15, 0.2) is 23.0 Å². The van der Waals surface area contributed by atoms with Gasteiger partial charge in [-0.2, -0.15) is 0 Å². The number of fused-ring (bicyclic) bond motifs is 3. The highest BCUT2D eigenvalue weighted by Crippen LogP contribution is 2.41. The van der Waals surface area contributed by atoms with Crippen molar-refractivity contribution in [3.8, 4) is 5.75 Å². The Morgan fingerprint density at radius 2 is 2.11 bits per heavy atom. The fourth-order valence-corrected chi connectivity index (χ4v) is 4.87. The van der Waals surface area contributed by atoms with Crippen molar-refractivity contribution in [2.45, 2.75) is 26.2 Å². The molecule has 27 heavy (non-hydrogen) atoms. The lowest BCUT2D eigenvalue weighted by atomic mass is 9.89. The molecule has 2 aromatic heterocycles. The second-order valence-corrected chi connectivity index (χ2v) is 7.92. The first-order valence-electron chi connectivity index (χ1n) is 8.51. The van der Waals surface area contributed by atoms with Gasteiger partial charge in [0.05, 0.1) is 5.39 Å². The van der Waals surface area contributed by atoms with Crippen molar-refractivity contribution >= 4 is 33.1 Å². The number of pyridine rings is 1. The molecule has 0 bridgehead atoms. The Balaban J connectivity index is 1.78. The molecule has 0 saturated heterocycles. The minimum Gasteiger partial charge on any atom is -0.506 e. The van der Waals surface area contributed by atoms with Gasteiger partial charge in [-0.15, -0.1) is 11.3 Å². The van der Waals surface area contributed by atoms with Crippen LogP contribution in [0, 0.1) is 17.6 Å². The number of aromatic nitrogens is 1. The third-order valence-corrected chi connectivity index (χ3v) is 6.01. The maximum Gasteiger partial charge on any atom is 0.265 e. The van der Waals surface area contributed by atoms with E-state index in [1.54, 1.807) is 0 Å². The summed E-state index contributed by atoms with van der Waals surface area (Å²) in [6, 6.07) is 2.85. The van der Waals surface area contributed by atoms with Gasteiger partial charge in [-0.3, -0.25) is 9.59 Å². The molecule has 0 unspecified atom stereocenters. The number of hydrogen-bond donors (Lipinski definition) is 3. The van der Waals surface area contributed by atoms with E-state index in [1.165, 1.54) is 17.4 Å². The van der Waals surface area contributed by atoms with Crippen LogP contribution in [0.5, 0.6) is 5.75 Å². The predicted molar refractivity (Wildman–Crippen MR) is 99.6 cm³/mol. The molecule has 2 heterocycles. The Morgan fingerprint density at radius 1 is 1.33 bits per heavy atom. The number of hydrogen-bond acceptors (Lipinski definition) is 4. The fourth-order valence-electron chi connectivity index (χ4n) is 3.47. The molecular weight excluding hydrogens is 374 g/mol. The molecule has 1 aliphatic rings. The van der Waals surface area contributed by atoms with E-state index in [0.29, 0.717) is 16.1 Å². The molecule has 3 aromatic rings. The Bertz CT molecular complexity index is 1140. The van der Waals surface area contributed by atoms with E-state index in [2.05, 4.69) is 17.2 Å². The number of carbonyl (C=O) groups is 1. The summed E-state index contributed by atoms with van der Waals surface area (Å²) in [7, 11) is 0.